The number of carbonyl (C=O) groups is 2. The smallest absolute Gasteiger partial charge is 0.327 e. The molecule has 2 saturated heterocycles. The number of imide groups is 1. The van der Waals surface area contributed by atoms with Crippen molar-refractivity contribution in [2.24, 2.45) is 5.92 Å². The number of rotatable bonds is 3. The summed E-state index contributed by atoms with van der Waals surface area (Å²) < 4.78 is 1.90. The standard InChI is InChI=1S/C15H20N4O2/c20-14-13-9-11-3-1-2-4-12(11)19(13)15(21)18(14)8-7-17-6-5-16-10-17/h5-6,10-13H,1-4,7-9H2/t11-,12+,13-/m0/s1. The van der Waals surface area contributed by atoms with E-state index in [9.17, 15) is 9.59 Å². The highest BCUT2D eigenvalue weighted by molar-refractivity contribution is 6.04. The van der Waals surface area contributed by atoms with Gasteiger partial charge in [0.2, 0.25) is 0 Å². The van der Waals surface area contributed by atoms with Gasteiger partial charge in [0.15, 0.2) is 0 Å². The van der Waals surface area contributed by atoms with Gasteiger partial charge in [-0.25, -0.2) is 9.78 Å². The number of carbonyl (C=O) groups excluding carboxylic acids is 2. The van der Waals surface area contributed by atoms with Crippen molar-refractivity contribution < 1.29 is 9.59 Å². The van der Waals surface area contributed by atoms with Gasteiger partial charge in [0.05, 0.1) is 6.33 Å². The molecule has 1 aromatic heterocycles. The van der Waals surface area contributed by atoms with Crippen molar-refractivity contribution in [1.82, 2.24) is 19.4 Å². The van der Waals surface area contributed by atoms with Gasteiger partial charge in [0.25, 0.3) is 5.91 Å². The van der Waals surface area contributed by atoms with E-state index in [0.29, 0.717) is 25.0 Å². The summed E-state index contributed by atoms with van der Waals surface area (Å²) in [6, 6.07) is 0.0475. The van der Waals surface area contributed by atoms with E-state index in [1.807, 2.05) is 15.7 Å². The quantitative estimate of drug-likeness (QED) is 0.792. The van der Waals surface area contributed by atoms with Gasteiger partial charge in [-0.3, -0.25) is 9.69 Å². The molecule has 1 aromatic rings. The van der Waals surface area contributed by atoms with Crippen molar-refractivity contribution in [1.29, 1.82) is 0 Å². The third kappa shape index (κ3) is 1.96. The van der Waals surface area contributed by atoms with Crippen molar-refractivity contribution in [3.63, 3.8) is 0 Å². The molecule has 3 fully saturated rings. The average molecular weight is 288 g/mol. The lowest BCUT2D eigenvalue weighted by atomic mass is 9.84. The Morgan fingerprint density at radius 1 is 1.19 bits per heavy atom. The predicted molar refractivity (Wildman–Crippen MR) is 75.3 cm³/mol. The van der Waals surface area contributed by atoms with E-state index in [-0.39, 0.29) is 18.0 Å². The normalized spacial score (nSPS) is 31.7. The van der Waals surface area contributed by atoms with E-state index in [2.05, 4.69) is 4.98 Å². The van der Waals surface area contributed by atoms with Crippen molar-refractivity contribution >= 4 is 11.9 Å². The summed E-state index contributed by atoms with van der Waals surface area (Å²) in [5.41, 5.74) is 0. The van der Waals surface area contributed by atoms with E-state index in [0.717, 1.165) is 12.8 Å². The van der Waals surface area contributed by atoms with Gasteiger partial charge in [0, 0.05) is 31.5 Å². The van der Waals surface area contributed by atoms with Gasteiger partial charge < -0.3 is 9.47 Å². The second-order valence-corrected chi connectivity index (χ2v) is 6.34. The molecule has 0 aromatic carbocycles. The van der Waals surface area contributed by atoms with Gasteiger partial charge in [0.1, 0.15) is 6.04 Å². The van der Waals surface area contributed by atoms with Crippen LogP contribution in [0.25, 0.3) is 0 Å². The first-order valence-electron chi connectivity index (χ1n) is 7.85. The Labute approximate surface area is 123 Å². The molecule has 3 aliphatic rings. The first-order chi connectivity index (χ1) is 10.3. The molecule has 3 heterocycles. The fourth-order valence-electron chi connectivity index (χ4n) is 4.21. The Balaban J connectivity index is 1.49. The second kappa shape index (κ2) is 4.86. The Morgan fingerprint density at radius 2 is 2.05 bits per heavy atom. The van der Waals surface area contributed by atoms with E-state index >= 15 is 0 Å². The molecule has 0 unspecified atom stereocenters. The van der Waals surface area contributed by atoms with Gasteiger partial charge in [-0.15, -0.1) is 0 Å². The van der Waals surface area contributed by atoms with E-state index < -0.39 is 0 Å². The highest BCUT2D eigenvalue weighted by atomic mass is 16.2. The molecule has 1 saturated carbocycles. The summed E-state index contributed by atoms with van der Waals surface area (Å²) in [7, 11) is 0. The van der Waals surface area contributed by atoms with Gasteiger partial charge in [-0.1, -0.05) is 12.8 Å². The van der Waals surface area contributed by atoms with Gasteiger partial charge in [-0.2, -0.15) is 0 Å². The molecule has 2 aliphatic heterocycles. The van der Waals surface area contributed by atoms with Crippen LogP contribution in [0.5, 0.6) is 0 Å². The van der Waals surface area contributed by atoms with E-state index in [4.69, 9.17) is 0 Å². The number of nitrogens with zero attached hydrogens (tertiary/aromatic N) is 4. The Kier molecular flexibility index (Phi) is 2.97. The largest absolute Gasteiger partial charge is 0.336 e. The van der Waals surface area contributed by atoms with Crippen LogP contribution in [0.2, 0.25) is 0 Å². The Hall–Kier alpha value is -1.85. The maximum Gasteiger partial charge on any atom is 0.327 e. The molecule has 4 rings (SSSR count). The minimum absolute atomic E-state index is 0.00881. The molecule has 6 nitrogen and oxygen atoms in total. The molecule has 0 radical (unpaired) electrons. The fraction of sp³-hybridized carbons (Fsp3) is 0.667. The van der Waals surface area contributed by atoms with Crippen molar-refractivity contribution in [3.05, 3.63) is 18.7 Å². The van der Waals surface area contributed by atoms with Gasteiger partial charge in [-0.05, 0) is 25.2 Å². The molecule has 3 amide bonds. The molecule has 3 atom stereocenters. The molecule has 1 aliphatic carbocycles. The first kappa shape index (κ1) is 12.9. The molecule has 0 spiro atoms. The zero-order valence-corrected chi connectivity index (χ0v) is 12.0. The van der Waals surface area contributed by atoms with Gasteiger partial charge >= 0.3 is 6.03 Å². The zero-order chi connectivity index (χ0) is 14.4. The predicted octanol–water partition coefficient (Wildman–Crippen LogP) is 1.48. The summed E-state index contributed by atoms with van der Waals surface area (Å²) in [4.78, 5) is 32.5. The monoisotopic (exact) mass is 288 g/mol. The number of aromatic nitrogens is 2. The number of imidazole rings is 1. The highest BCUT2D eigenvalue weighted by Gasteiger charge is 2.55. The molecule has 0 bridgehead atoms. The summed E-state index contributed by atoms with van der Waals surface area (Å²) in [6.07, 6.45) is 10.8. The number of hydrogen-bond donors (Lipinski definition) is 0. The number of hydrogen-bond acceptors (Lipinski definition) is 3. The van der Waals surface area contributed by atoms with Crippen LogP contribution in [0, 0.1) is 5.92 Å². The third-order valence-corrected chi connectivity index (χ3v) is 5.23. The lowest BCUT2D eigenvalue weighted by molar-refractivity contribution is -0.128. The molecule has 21 heavy (non-hydrogen) atoms. The lowest BCUT2D eigenvalue weighted by Crippen LogP contribution is -2.42. The SMILES string of the molecule is O=C1[C@@H]2C[C@@H]3CCCC[C@H]3N2C(=O)N1CCn1ccnc1. The topological polar surface area (TPSA) is 58.4 Å². The number of fused-ring (bicyclic) bond motifs is 3. The van der Waals surface area contributed by atoms with Crippen LogP contribution in [-0.4, -0.2) is 49.9 Å². The fourth-order valence-corrected chi connectivity index (χ4v) is 4.21. The first-order valence-corrected chi connectivity index (χ1v) is 7.85. The lowest BCUT2D eigenvalue weighted by Gasteiger charge is -2.31. The highest BCUT2D eigenvalue weighted by Crippen LogP contribution is 2.43. The molecular formula is C15H20N4O2. The average Bonchev–Trinajstić information content (AvgIpc) is 3.17. The summed E-state index contributed by atoms with van der Waals surface area (Å²) in [5, 5.41) is 0. The number of amides is 3. The minimum Gasteiger partial charge on any atom is -0.336 e. The summed E-state index contributed by atoms with van der Waals surface area (Å²) in [6.45, 7) is 1.06. The van der Waals surface area contributed by atoms with Crippen LogP contribution in [0.3, 0.4) is 0 Å². The van der Waals surface area contributed by atoms with Crippen LogP contribution in [-0.2, 0) is 11.3 Å². The Bertz CT molecular complexity index is 556. The molecule has 0 N–H and O–H groups in total. The third-order valence-electron chi connectivity index (χ3n) is 5.23. The van der Waals surface area contributed by atoms with Crippen LogP contribution < -0.4 is 0 Å². The van der Waals surface area contributed by atoms with Crippen LogP contribution in [0.15, 0.2) is 18.7 Å². The summed E-state index contributed by atoms with van der Waals surface area (Å²) in [5.74, 6) is 0.557. The van der Waals surface area contributed by atoms with Crippen molar-refractivity contribution in [3.8, 4) is 0 Å². The molecule has 6 heteroatoms. The van der Waals surface area contributed by atoms with Crippen molar-refractivity contribution in [2.75, 3.05) is 6.54 Å². The summed E-state index contributed by atoms with van der Waals surface area (Å²) >= 11 is 0. The molecule has 112 valence electrons. The number of urea groups is 1. The molecular weight excluding hydrogens is 268 g/mol. The van der Waals surface area contributed by atoms with E-state index in [1.54, 1.807) is 12.5 Å². The maximum absolute atomic E-state index is 12.6. The van der Waals surface area contributed by atoms with E-state index in [1.165, 1.54) is 24.2 Å². The Morgan fingerprint density at radius 3 is 2.86 bits per heavy atom. The van der Waals surface area contributed by atoms with Crippen LogP contribution in [0.4, 0.5) is 4.79 Å². The maximum atomic E-state index is 12.6. The second-order valence-electron chi connectivity index (χ2n) is 6.34. The zero-order valence-electron chi connectivity index (χ0n) is 12.0. The van der Waals surface area contributed by atoms with Crippen LogP contribution >= 0.6 is 0 Å². The van der Waals surface area contributed by atoms with Crippen LogP contribution in [0.1, 0.15) is 32.1 Å². The minimum atomic E-state index is -0.187. The van der Waals surface area contributed by atoms with Crippen molar-refractivity contribution in [2.45, 2.75) is 50.7 Å².